The molecule has 3 saturated heterocycles. The van der Waals surface area contributed by atoms with E-state index in [1.807, 2.05) is 40.0 Å². The van der Waals surface area contributed by atoms with Crippen molar-refractivity contribution in [1.29, 1.82) is 0 Å². The van der Waals surface area contributed by atoms with Gasteiger partial charge in [0.05, 0.1) is 5.41 Å². The number of nitrogens with zero attached hydrogens (tertiary/aromatic N) is 4. The molecule has 218 valence electrons. The molecular weight excluding hydrogens is 495 g/mol. The molecule has 1 aromatic rings. The quantitative estimate of drug-likeness (QED) is 0.509. The predicted octanol–water partition coefficient (Wildman–Crippen LogP) is 5.39. The van der Waals surface area contributed by atoms with Gasteiger partial charge in [-0.15, -0.1) is 0 Å². The van der Waals surface area contributed by atoms with Crippen LogP contribution in [0.3, 0.4) is 0 Å². The summed E-state index contributed by atoms with van der Waals surface area (Å²) in [5.41, 5.74) is -0.240. The van der Waals surface area contributed by atoms with Crippen molar-refractivity contribution in [2.75, 3.05) is 51.2 Å². The van der Waals surface area contributed by atoms with Gasteiger partial charge in [0.2, 0.25) is 5.91 Å². The third kappa shape index (κ3) is 5.91. The molecule has 3 heterocycles. The Morgan fingerprint density at radius 2 is 1.64 bits per heavy atom. The minimum atomic E-state index is -0.529. The van der Waals surface area contributed by atoms with Crippen molar-refractivity contribution in [2.24, 2.45) is 10.8 Å². The summed E-state index contributed by atoms with van der Waals surface area (Å²) < 4.78 is 19.0. The Labute approximate surface area is 234 Å². The smallest absolute Gasteiger partial charge is 0.410 e. The maximum Gasteiger partial charge on any atom is 0.410 e. The third-order valence-electron chi connectivity index (χ3n) is 9.57. The maximum absolute atomic E-state index is 13.9. The van der Waals surface area contributed by atoms with Crippen molar-refractivity contribution in [3.8, 4) is 0 Å². The molecule has 0 radical (unpaired) electrons. The molecule has 8 heteroatoms. The highest BCUT2D eigenvalue weighted by Crippen LogP contribution is 2.56. The minimum Gasteiger partial charge on any atom is -0.444 e. The number of carbonyl (C=O) groups is 2. The van der Waals surface area contributed by atoms with Gasteiger partial charge in [-0.25, -0.2) is 9.18 Å². The number of halogens is 1. The van der Waals surface area contributed by atoms with Crippen LogP contribution in [0.4, 0.5) is 14.9 Å². The van der Waals surface area contributed by atoms with Crippen molar-refractivity contribution in [1.82, 2.24) is 14.7 Å². The molecule has 3 aliphatic heterocycles. The second kappa shape index (κ2) is 10.6. The van der Waals surface area contributed by atoms with Crippen LogP contribution in [0.15, 0.2) is 24.3 Å². The Bertz CT molecular complexity index is 1040. The Morgan fingerprint density at radius 3 is 2.18 bits per heavy atom. The van der Waals surface area contributed by atoms with Crippen LogP contribution in [0.25, 0.3) is 0 Å². The van der Waals surface area contributed by atoms with E-state index >= 15 is 0 Å². The van der Waals surface area contributed by atoms with Gasteiger partial charge in [0.25, 0.3) is 0 Å². The first-order chi connectivity index (χ1) is 18.1. The number of benzene rings is 1. The zero-order valence-corrected chi connectivity index (χ0v) is 25.3. The summed E-state index contributed by atoms with van der Waals surface area (Å²) in [7, 11) is 2.00. The van der Waals surface area contributed by atoms with Gasteiger partial charge in [0.15, 0.2) is 0 Å². The zero-order chi connectivity index (χ0) is 28.8. The molecular formula is C31H49FN4O3. The van der Waals surface area contributed by atoms with Crippen LogP contribution < -0.4 is 4.90 Å². The van der Waals surface area contributed by atoms with Crippen molar-refractivity contribution in [3.63, 3.8) is 0 Å². The molecule has 3 aliphatic rings. The number of likely N-dealkylation sites (tertiary alicyclic amines) is 2. The van der Waals surface area contributed by atoms with Gasteiger partial charge in [-0.2, -0.15) is 0 Å². The van der Waals surface area contributed by atoms with Gasteiger partial charge in [0, 0.05) is 63.6 Å². The summed E-state index contributed by atoms with van der Waals surface area (Å²) in [6.45, 7) is 19.5. The average Bonchev–Trinajstić information content (AvgIpc) is 3.05. The number of piperidine rings is 1. The van der Waals surface area contributed by atoms with Crippen LogP contribution in [0.2, 0.25) is 0 Å². The largest absolute Gasteiger partial charge is 0.444 e. The van der Waals surface area contributed by atoms with Crippen LogP contribution >= 0.6 is 0 Å². The van der Waals surface area contributed by atoms with Crippen molar-refractivity contribution in [3.05, 3.63) is 30.1 Å². The van der Waals surface area contributed by atoms with E-state index in [0.29, 0.717) is 32.0 Å². The number of rotatable bonds is 4. The summed E-state index contributed by atoms with van der Waals surface area (Å²) in [6, 6.07) is 7.13. The Balaban J connectivity index is 1.43. The van der Waals surface area contributed by atoms with Crippen LogP contribution in [0.1, 0.15) is 74.1 Å². The number of piperazine rings is 1. The first-order valence-corrected chi connectivity index (χ1v) is 14.6. The summed E-state index contributed by atoms with van der Waals surface area (Å²) in [5.74, 6) is 0.0249. The molecule has 0 unspecified atom stereocenters. The minimum absolute atomic E-state index is 0.0949. The van der Waals surface area contributed by atoms with E-state index in [4.69, 9.17) is 4.74 Å². The average molecular weight is 545 g/mol. The van der Waals surface area contributed by atoms with Crippen molar-refractivity contribution >= 4 is 17.7 Å². The van der Waals surface area contributed by atoms with Crippen LogP contribution in [0.5, 0.6) is 0 Å². The van der Waals surface area contributed by atoms with E-state index in [9.17, 15) is 14.0 Å². The predicted molar refractivity (Wildman–Crippen MR) is 153 cm³/mol. The lowest BCUT2D eigenvalue weighted by atomic mass is 9.64. The Hall–Kier alpha value is -2.35. The number of hydrogen-bond donors (Lipinski definition) is 0. The van der Waals surface area contributed by atoms with Crippen LogP contribution in [-0.4, -0.2) is 90.2 Å². The molecule has 2 amide bonds. The first kappa shape index (κ1) is 29.6. The lowest BCUT2D eigenvalue weighted by molar-refractivity contribution is -0.140. The molecule has 0 bridgehead atoms. The van der Waals surface area contributed by atoms with E-state index in [1.54, 1.807) is 4.90 Å². The number of amides is 2. The standard InChI is InChI=1S/C31H49FN4O3/c1-23-21-36(25-11-9-24(32)10-12-25)20-19-34(23)18-15-31(28(2,3)4)22-30(26(37)33(31)8)13-16-35(17-14-30)27(38)39-29(5,6)7/h9-12,23H,13-22H2,1-8H3/t23-,31+/m1/s1. The highest BCUT2D eigenvalue weighted by atomic mass is 19.1. The van der Waals surface area contributed by atoms with Gasteiger partial charge in [0.1, 0.15) is 11.4 Å². The lowest BCUT2D eigenvalue weighted by Gasteiger charge is -2.49. The summed E-state index contributed by atoms with van der Waals surface area (Å²) in [5, 5.41) is 0. The highest BCUT2D eigenvalue weighted by molar-refractivity contribution is 5.86. The van der Waals surface area contributed by atoms with E-state index < -0.39 is 11.0 Å². The Kier molecular flexibility index (Phi) is 8.03. The number of ether oxygens (including phenoxy) is 1. The lowest BCUT2D eigenvalue weighted by Crippen LogP contribution is -2.57. The Morgan fingerprint density at radius 1 is 1.03 bits per heavy atom. The van der Waals surface area contributed by atoms with E-state index in [-0.39, 0.29) is 28.8 Å². The molecule has 0 saturated carbocycles. The molecule has 4 rings (SSSR count). The topological polar surface area (TPSA) is 56.3 Å². The molecule has 2 atom stereocenters. The number of carbonyl (C=O) groups excluding carboxylic acids is 2. The molecule has 3 fully saturated rings. The highest BCUT2D eigenvalue weighted by Gasteiger charge is 2.62. The normalized spacial score (nSPS) is 26.4. The van der Waals surface area contributed by atoms with Crippen LogP contribution in [-0.2, 0) is 9.53 Å². The molecule has 0 aliphatic carbocycles. The first-order valence-electron chi connectivity index (χ1n) is 14.6. The van der Waals surface area contributed by atoms with E-state index in [2.05, 4.69) is 42.4 Å². The fourth-order valence-electron chi connectivity index (χ4n) is 7.08. The van der Waals surface area contributed by atoms with Crippen molar-refractivity contribution < 1.29 is 18.7 Å². The molecule has 0 aromatic heterocycles. The maximum atomic E-state index is 13.9. The summed E-state index contributed by atoms with van der Waals surface area (Å²) >= 11 is 0. The molecule has 0 N–H and O–H groups in total. The van der Waals surface area contributed by atoms with Crippen LogP contribution in [0, 0.1) is 16.6 Å². The second-order valence-electron chi connectivity index (χ2n) is 14.1. The van der Waals surface area contributed by atoms with Gasteiger partial charge < -0.3 is 19.4 Å². The number of anilines is 1. The molecule has 1 spiro atoms. The van der Waals surface area contributed by atoms with E-state index in [0.717, 1.165) is 44.7 Å². The fraction of sp³-hybridized carbons (Fsp3) is 0.742. The third-order valence-corrected chi connectivity index (χ3v) is 9.57. The van der Waals surface area contributed by atoms with E-state index in [1.165, 1.54) is 12.1 Å². The van der Waals surface area contributed by atoms with Gasteiger partial charge in [-0.1, -0.05) is 20.8 Å². The van der Waals surface area contributed by atoms with Gasteiger partial charge in [-0.3, -0.25) is 9.69 Å². The van der Waals surface area contributed by atoms with Crippen molar-refractivity contribution in [2.45, 2.75) is 91.3 Å². The molecule has 7 nitrogen and oxygen atoms in total. The molecule has 39 heavy (non-hydrogen) atoms. The summed E-state index contributed by atoms with van der Waals surface area (Å²) in [6.07, 6.45) is 2.81. The summed E-state index contributed by atoms with van der Waals surface area (Å²) in [4.78, 5) is 35.3. The van der Waals surface area contributed by atoms with Gasteiger partial charge >= 0.3 is 6.09 Å². The monoisotopic (exact) mass is 544 g/mol. The zero-order valence-electron chi connectivity index (χ0n) is 25.3. The number of hydrogen-bond acceptors (Lipinski definition) is 5. The van der Waals surface area contributed by atoms with Gasteiger partial charge in [-0.05, 0) is 83.1 Å². The molecule has 1 aromatic carbocycles. The SMILES string of the molecule is C[C@@H]1CN(c2ccc(F)cc2)CCN1CC[C@@]1(C(C)(C)C)CC2(CCN(C(=O)OC(C)(C)C)CC2)C(=O)N1C. The fourth-order valence-corrected chi connectivity index (χ4v) is 7.08. The second-order valence-corrected chi connectivity index (χ2v) is 14.1.